The maximum Gasteiger partial charge on any atom is 0.505 e. The van der Waals surface area contributed by atoms with Crippen LogP contribution in [-0.4, -0.2) is 134 Å². The van der Waals surface area contributed by atoms with Crippen molar-refractivity contribution < 1.29 is 57.8 Å². The van der Waals surface area contributed by atoms with Gasteiger partial charge in [-0.3, -0.25) is 14.4 Å². The highest BCUT2D eigenvalue weighted by Crippen LogP contribution is 2.45. The molecule has 2 unspecified atom stereocenters. The fourth-order valence-electron chi connectivity index (χ4n) is 6.39. The summed E-state index contributed by atoms with van der Waals surface area (Å²) in [5.41, 5.74) is 2.01. The zero-order valence-electron chi connectivity index (χ0n) is 35.7. The highest BCUT2D eigenvalue weighted by atomic mass is 32.1. The van der Waals surface area contributed by atoms with Crippen molar-refractivity contribution in [3.8, 4) is 22.3 Å². The van der Waals surface area contributed by atoms with Crippen molar-refractivity contribution in [2.24, 2.45) is 16.2 Å². The molecule has 332 valence electrons. The lowest BCUT2D eigenvalue weighted by atomic mass is 9.85. The van der Waals surface area contributed by atoms with Crippen LogP contribution in [0.4, 0.5) is 4.79 Å². The van der Waals surface area contributed by atoms with Gasteiger partial charge in [0.2, 0.25) is 17.7 Å². The van der Waals surface area contributed by atoms with E-state index in [4.69, 9.17) is 28.8 Å². The number of thiazole rings is 1. The molecule has 2 fully saturated rings. The first-order chi connectivity index (χ1) is 28.4. The summed E-state index contributed by atoms with van der Waals surface area (Å²) in [6, 6.07) is 5.83. The summed E-state index contributed by atoms with van der Waals surface area (Å²) in [6.45, 7) is 15.8. The van der Waals surface area contributed by atoms with E-state index in [2.05, 4.69) is 26.4 Å². The molecule has 1 aliphatic heterocycles. The number of likely N-dealkylation sites (tertiary alicyclic amines) is 1. The van der Waals surface area contributed by atoms with E-state index in [1.807, 2.05) is 45.9 Å². The van der Waals surface area contributed by atoms with Crippen molar-refractivity contribution in [2.45, 2.75) is 98.6 Å². The van der Waals surface area contributed by atoms with Crippen LogP contribution < -0.4 is 15.4 Å². The lowest BCUT2D eigenvalue weighted by Gasteiger charge is -2.35. The number of carbonyl (C=O) groups is 4. The quantitative estimate of drug-likeness (QED) is 0.0913. The predicted octanol–water partition coefficient (Wildman–Crippen LogP) is 4.09. The Kier molecular flexibility index (Phi) is 17.7. The van der Waals surface area contributed by atoms with Crippen molar-refractivity contribution in [3.05, 3.63) is 35.0 Å². The van der Waals surface area contributed by atoms with Crippen LogP contribution in [0.15, 0.2) is 23.7 Å². The number of carboxylic acid groups (broad SMARTS) is 1. The Bertz CT molecular complexity index is 1800. The molecule has 2 aliphatic rings. The van der Waals surface area contributed by atoms with E-state index in [9.17, 15) is 29.5 Å². The number of aliphatic hydroxyl groups excluding tert-OH is 1. The number of ether oxygens (including phenoxy) is 6. The molecule has 4 N–H and O–H groups in total. The van der Waals surface area contributed by atoms with Gasteiger partial charge in [0.15, 0.2) is 0 Å². The average molecular weight is 860 g/mol. The summed E-state index contributed by atoms with van der Waals surface area (Å²) >= 11 is 1.51. The highest BCUT2D eigenvalue weighted by molar-refractivity contribution is 7.13. The number of hydrogen-bond acceptors (Lipinski definition) is 14. The zero-order valence-corrected chi connectivity index (χ0v) is 36.6. The molecule has 2 aromatic rings. The number of amides is 3. The molecule has 0 bridgehead atoms. The standard InChI is InChI=1S/C42H61N5O12S/c1-27-34(60-26-45-27)28-8-9-29(32(20-28)59-33(40(2,3)4)24-57-17-16-55-13-12-54-14-15-56-18-19-58-39(52)53)22-44-36(49)31-21-30(48)23-47(31)37(50)35(41(5,6)7)46-38(51)42(25-43)10-11-42/h8-9,20,26,30-31,33,35,48H,10-19,21-24H2,1-7H3,(H,44,49)(H,46,51)(H,52,53)/t30-,31+,33?,35?/m1/s1. The molecule has 1 saturated heterocycles. The van der Waals surface area contributed by atoms with E-state index < -0.39 is 59.0 Å². The molecule has 1 saturated carbocycles. The maximum atomic E-state index is 14.1. The summed E-state index contributed by atoms with van der Waals surface area (Å²) < 4.78 is 33.4. The first-order valence-corrected chi connectivity index (χ1v) is 21.1. The molecular formula is C42H61N5O12S. The predicted molar refractivity (Wildman–Crippen MR) is 220 cm³/mol. The molecule has 1 aliphatic carbocycles. The normalized spacial score (nSPS) is 18.3. The first kappa shape index (κ1) is 48.3. The Balaban J connectivity index is 1.37. The number of rotatable bonds is 23. The molecule has 3 amide bonds. The van der Waals surface area contributed by atoms with Crippen LogP contribution in [0, 0.1) is 34.5 Å². The van der Waals surface area contributed by atoms with Gasteiger partial charge in [-0.2, -0.15) is 5.26 Å². The molecule has 2 heterocycles. The Morgan fingerprint density at radius 1 is 0.967 bits per heavy atom. The van der Waals surface area contributed by atoms with E-state index in [-0.39, 0.29) is 44.7 Å². The van der Waals surface area contributed by atoms with Gasteiger partial charge in [0.25, 0.3) is 0 Å². The number of benzene rings is 1. The first-order valence-electron chi connectivity index (χ1n) is 20.2. The SMILES string of the molecule is Cc1ncsc1-c1ccc(CNC(=O)[C@@H]2C[C@@H](O)CN2C(=O)C(NC(=O)C2(C#N)CC2)C(C)(C)C)c(OC(COCCOCCOCCOCCOC(=O)O)C(C)(C)C)c1. The van der Waals surface area contributed by atoms with Crippen LogP contribution >= 0.6 is 11.3 Å². The number of aliphatic hydroxyl groups is 1. The molecule has 17 nitrogen and oxygen atoms in total. The van der Waals surface area contributed by atoms with Crippen LogP contribution in [0.2, 0.25) is 0 Å². The van der Waals surface area contributed by atoms with Crippen LogP contribution in [0.3, 0.4) is 0 Å². The van der Waals surface area contributed by atoms with E-state index in [1.165, 1.54) is 16.2 Å². The van der Waals surface area contributed by atoms with E-state index >= 15 is 0 Å². The largest absolute Gasteiger partial charge is 0.505 e. The van der Waals surface area contributed by atoms with Gasteiger partial charge in [-0.05, 0) is 36.8 Å². The number of carbonyl (C=O) groups excluding carboxylic acids is 3. The van der Waals surface area contributed by atoms with Crippen molar-refractivity contribution in [1.82, 2.24) is 20.5 Å². The number of aromatic nitrogens is 1. The summed E-state index contributed by atoms with van der Waals surface area (Å²) in [4.78, 5) is 58.1. The third kappa shape index (κ3) is 14.1. The molecular weight excluding hydrogens is 799 g/mol. The summed E-state index contributed by atoms with van der Waals surface area (Å²) in [5.74, 6) is -0.912. The second-order valence-corrected chi connectivity index (χ2v) is 18.0. The minimum Gasteiger partial charge on any atom is -0.487 e. The molecule has 1 aromatic heterocycles. The molecule has 0 spiro atoms. The van der Waals surface area contributed by atoms with Crippen LogP contribution in [0.5, 0.6) is 5.75 Å². The monoisotopic (exact) mass is 859 g/mol. The summed E-state index contributed by atoms with van der Waals surface area (Å²) in [6.07, 6.45) is -1.81. The van der Waals surface area contributed by atoms with E-state index in [0.29, 0.717) is 63.8 Å². The van der Waals surface area contributed by atoms with Crippen molar-refractivity contribution in [3.63, 3.8) is 0 Å². The number of nitrogens with zero attached hydrogens (tertiary/aromatic N) is 3. The molecule has 0 radical (unpaired) electrons. The lowest BCUT2D eigenvalue weighted by Crippen LogP contribution is -2.58. The molecule has 1 aromatic carbocycles. The van der Waals surface area contributed by atoms with Gasteiger partial charge in [0, 0.05) is 30.5 Å². The highest BCUT2D eigenvalue weighted by Gasteiger charge is 2.53. The van der Waals surface area contributed by atoms with Gasteiger partial charge in [0.05, 0.1) is 81.1 Å². The van der Waals surface area contributed by atoms with Gasteiger partial charge in [-0.1, -0.05) is 53.7 Å². The zero-order chi connectivity index (χ0) is 44.1. The van der Waals surface area contributed by atoms with Crippen LogP contribution in [0.1, 0.15) is 72.1 Å². The van der Waals surface area contributed by atoms with Crippen LogP contribution in [0.25, 0.3) is 10.4 Å². The Hall–Kier alpha value is -4.38. The topological polar surface area (TPSA) is 228 Å². The number of hydrogen-bond donors (Lipinski definition) is 4. The second-order valence-electron chi connectivity index (χ2n) is 17.2. The summed E-state index contributed by atoms with van der Waals surface area (Å²) in [5, 5.41) is 34.5. The van der Waals surface area contributed by atoms with E-state index in [1.54, 1.807) is 26.3 Å². The number of nitrogens with one attached hydrogen (secondary N) is 2. The van der Waals surface area contributed by atoms with Gasteiger partial charge in [-0.25, -0.2) is 9.78 Å². The number of nitriles is 1. The number of β-amino-alcohol motifs (C(OH)–C–C–N with tert-alkyl or cyclic N) is 1. The summed E-state index contributed by atoms with van der Waals surface area (Å²) in [7, 11) is 0. The third-order valence-electron chi connectivity index (χ3n) is 10.3. The smallest absolute Gasteiger partial charge is 0.487 e. The van der Waals surface area contributed by atoms with Crippen molar-refractivity contribution in [2.75, 3.05) is 66.0 Å². The maximum absolute atomic E-state index is 14.1. The van der Waals surface area contributed by atoms with Gasteiger partial charge < -0.3 is 54.2 Å². The minimum atomic E-state index is -1.34. The average Bonchev–Trinajstić information content (AvgIpc) is 3.72. The van der Waals surface area contributed by atoms with Gasteiger partial charge in [-0.15, -0.1) is 11.3 Å². The lowest BCUT2D eigenvalue weighted by molar-refractivity contribution is -0.144. The van der Waals surface area contributed by atoms with Gasteiger partial charge >= 0.3 is 6.16 Å². The second kappa shape index (κ2) is 21.9. The third-order valence-corrected chi connectivity index (χ3v) is 11.2. The van der Waals surface area contributed by atoms with Gasteiger partial charge in [0.1, 0.15) is 36.0 Å². The number of aryl methyl sites for hydroxylation is 1. The molecule has 4 atom stereocenters. The fourth-order valence-corrected chi connectivity index (χ4v) is 7.19. The Morgan fingerprint density at radius 3 is 2.12 bits per heavy atom. The van der Waals surface area contributed by atoms with Crippen molar-refractivity contribution in [1.29, 1.82) is 5.26 Å². The van der Waals surface area contributed by atoms with Crippen molar-refractivity contribution >= 4 is 35.2 Å². The molecule has 18 heteroatoms. The molecule has 4 rings (SSSR count). The van der Waals surface area contributed by atoms with Crippen LogP contribution in [-0.2, 0) is 44.6 Å². The molecule has 60 heavy (non-hydrogen) atoms. The Labute approximate surface area is 356 Å². The Morgan fingerprint density at radius 2 is 1.58 bits per heavy atom. The van der Waals surface area contributed by atoms with E-state index in [0.717, 1.165) is 16.1 Å². The minimum absolute atomic E-state index is 0.0281. The fraction of sp³-hybridized carbons (Fsp3) is 0.667.